The van der Waals surface area contributed by atoms with Gasteiger partial charge in [-0.15, -0.1) is 0 Å². The maximum Gasteiger partial charge on any atom is 0.323 e. The number of pyridine rings is 1. The van der Waals surface area contributed by atoms with E-state index >= 15 is 0 Å². The largest absolute Gasteiger partial charge is 0.502 e. The zero-order chi connectivity index (χ0) is 31.0. The standard InChI is InChI=1S/C31H36ClFN4O6/c1-15(2)24(34)30(42)43-16(3)13-36-28(40)25-19-9-11-35(14-17-4-7-22(33)21(32)12-17)27(39)23(19)26(38)29(41)37(25)31(36)10-8-18-5-6-20(18)31/h4,7,12,15-16,18,20,24,38H,5-6,8-11,13-14,34H2,1-3H3/t16-,18+,20+,24-,31+/m0/s1. The van der Waals surface area contributed by atoms with Crippen molar-refractivity contribution in [2.75, 3.05) is 13.1 Å². The van der Waals surface area contributed by atoms with Crippen molar-refractivity contribution < 1.29 is 28.6 Å². The third-order valence-electron chi connectivity index (χ3n) is 9.89. The number of fused-ring (bicyclic) bond motifs is 6. The summed E-state index contributed by atoms with van der Waals surface area (Å²) in [6, 6.07) is 3.35. The zero-order valence-electron chi connectivity index (χ0n) is 24.4. The van der Waals surface area contributed by atoms with Crippen LogP contribution in [0.1, 0.15) is 78.4 Å². The fourth-order valence-corrected chi connectivity index (χ4v) is 7.73. The molecule has 3 heterocycles. The highest BCUT2D eigenvalue weighted by Crippen LogP contribution is 2.60. The monoisotopic (exact) mass is 614 g/mol. The Kier molecular flexibility index (Phi) is 7.32. The summed E-state index contributed by atoms with van der Waals surface area (Å²) in [5.41, 5.74) is 5.09. The second-order valence-corrected chi connectivity index (χ2v) is 13.1. The van der Waals surface area contributed by atoms with Crippen molar-refractivity contribution in [2.24, 2.45) is 23.5 Å². The maximum absolute atomic E-state index is 14.3. The minimum absolute atomic E-state index is 0.00712. The minimum Gasteiger partial charge on any atom is -0.502 e. The lowest BCUT2D eigenvalue weighted by molar-refractivity contribution is -0.153. The molecule has 2 aliphatic carbocycles. The molecule has 0 saturated heterocycles. The number of nitrogens with two attached hydrogens (primary N) is 1. The van der Waals surface area contributed by atoms with E-state index in [0.29, 0.717) is 23.5 Å². The lowest BCUT2D eigenvalue weighted by atomic mass is 9.72. The Morgan fingerprint density at radius 2 is 1.93 bits per heavy atom. The van der Waals surface area contributed by atoms with Gasteiger partial charge in [0.25, 0.3) is 17.4 Å². The van der Waals surface area contributed by atoms with Crippen LogP contribution in [0.4, 0.5) is 4.39 Å². The Balaban J connectivity index is 1.38. The van der Waals surface area contributed by atoms with Gasteiger partial charge in [0.15, 0.2) is 5.75 Å². The Morgan fingerprint density at radius 3 is 2.56 bits per heavy atom. The summed E-state index contributed by atoms with van der Waals surface area (Å²) in [7, 11) is 0. The van der Waals surface area contributed by atoms with Crippen LogP contribution in [0.15, 0.2) is 23.0 Å². The maximum atomic E-state index is 14.3. The molecular formula is C31H36ClFN4O6. The van der Waals surface area contributed by atoms with Crippen LogP contribution in [-0.2, 0) is 28.2 Å². The highest BCUT2D eigenvalue weighted by molar-refractivity contribution is 6.30. The van der Waals surface area contributed by atoms with E-state index in [-0.39, 0.29) is 54.2 Å². The molecule has 43 heavy (non-hydrogen) atoms. The number of nitrogens with zero attached hydrogens (tertiary/aromatic N) is 3. The van der Waals surface area contributed by atoms with Gasteiger partial charge in [0.05, 0.1) is 17.1 Å². The lowest BCUT2D eigenvalue weighted by Crippen LogP contribution is -2.57. The summed E-state index contributed by atoms with van der Waals surface area (Å²) in [6.07, 6.45) is 2.68. The van der Waals surface area contributed by atoms with E-state index in [4.69, 9.17) is 22.1 Å². The molecule has 2 aromatic rings. The van der Waals surface area contributed by atoms with Crippen LogP contribution >= 0.6 is 11.6 Å². The number of amides is 2. The Labute approximate surface area is 253 Å². The van der Waals surface area contributed by atoms with E-state index in [9.17, 15) is 28.7 Å². The summed E-state index contributed by atoms with van der Waals surface area (Å²) in [5.74, 6) is -2.60. The number of hydrogen-bond donors (Lipinski definition) is 2. The molecule has 1 aromatic heterocycles. The predicted octanol–water partition coefficient (Wildman–Crippen LogP) is 3.39. The molecule has 3 N–H and O–H groups in total. The quantitative estimate of drug-likeness (QED) is 0.457. The summed E-state index contributed by atoms with van der Waals surface area (Å²) in [4.78, 5) is 57.7. The van der Waals surface area contributed by atoms with Crippen LogP contribution in [0.2, 0.25) is 5.02 Å². The van der Waals surface area contributed by atoms with Crippen LogP contribution in [0, 0.1) is 23.6 Å². The molecule has 2 fully saturated rings. The van der Waals surface area contributed by atoms with Gasteiger partial charge in [-0.05, 0) is 68.6 Å². The van der Waals surface area contributed by atoms with Crippen molar-refractivity contribution in [1.29, 1.82) is 0 Å². The van der Waals surface area contributed by atoms with Crippen LogP contribution < -0.4 is 11.3 Å². The third-order valence-corrected chi connectivity index (χ3v) is 10.2. The van der Waals surface area contributed by atoms with Crippen molar-refractivity contribution in [2.45, 2.75) is 77.2 Å². The number of carbonyl (C=O) groups excluding carboxylic acids is 3. The van der Waals surface area contributed by atoms with Gasteiger partial charge < -0.3 is 25.4 Å². The SMILES string of the molecule is CC(C)[C@H](N)C(=O)O[C@@H](C)CN1C(=O)c2c3c(c(O)c(=O)n2[C@@]12CC[C@H]1CC[C@H]12)C(=O)N(Cc1ccc(F)c(Cl)c1)CC3. The van der Waals surface area contributed by atoms with Crippen LogP contribution in [0.5, 0.6) is 5.75 Å². The molecule has 10 nitrogen and oxygen atoms in total. The van der Waals surface area contributed by atoms with Gasteiger partial charge in [0.2, 0.25) is 0 Å². The van der Waals surface area contributed by atoms with Crippen molar-refractivity contribution in [3.63, 3.8) is 0 Å². The number of rotatable bonds is 7. The summed E-state index contributed by atoms with van der Waals surface area (Å²) in [5, 5.41) is 11.2. The number of aromatic hydroxyl groups is 1. The van der Waals surface area contributed by atoms with Gasteiger partial charge in [-0.3, -0.25) is 23.7 Å². The average molecular weight is 615 g/mol. The van der Waals surface area contributed by atoms with Gasteiger partial charge >= 0.3 is 5.97 Å². The van der Waals surface area contributed by atoms with E-state index in [2.05, 4.69) is 0 Å². The molecule has 5 atom stereocenters. The van der Waals surface area contributed by atoms with E-state index in [0.717, 1.165) is 19.3 Å². The molecule has 0 radical (unpaired) electrons. The number of ether oxygens (including phenoxy) is 1. The van der Waals surface area contributed by atoms with Gasteiger partial charge in [-0.25, -0.2) is 4.39 Å². The Morgan fingerprint density at radius 1 is 1.19 bits per heavy atom. The lowest BCUT2D eigenvalue weighted by Gasteiger charge is -2.47. The van der Waals surface area contributed by atoms with Crippen molar-refractivity contribution >= 4 is 29.4 Å². The Hall–Kier alpha value is -3.44. The first kappa shape index (κ1) is 29.6. The molecule has 0 bridgehead atoms. The zero-order valence-corrected chi connectivity index (χ0v) is 25.2. The van der Waals surface area contributed by atoms with Crippen LogP contribution in [0.3, 0.4) is 0 Å². The van der Waals surface area contributed by atoms with Crippen molar-refractivity contribution in [3.05, 3.63) is 61.8 Å². The molecule has 12 heteroatoms. The second kappa shape index (κ2) is 10.6. The molecule has 0 unspecified atom stereocenters. The van der Waals surface area contributed by atoms with Crippen molar-refractivity contribution in [3.8, 4) is 5.75 Å². The predicted molar refractivity (Wildman–Crippen MR) is 155 cm³/mol. The van der Waals surface area contributed by atoms with Crippen LogP contribution in [0.25, 0.3) is 0 Å². The van der Waals surface area contributed by atoms with E-state index < -0.39 is 52.7 Å². The van der Waals surface area contributed by atoms with Crippen LogP contribution in [-0.4, -0.2) is 62.5 Å². The number of carbonyl (C=O) groups is 3. The molecule has 1 spiro atoms. The molecule has 4 aliphatic rings. The average Bonchev–Trinajstić information content (AvgIpc) is 3.33. The summed E-state index contributed by atoms with van der Waals surface area (Å²) < 4.78 is 20.8. The number of halogens is 2. The van der Waals surface area contributed by atoms with E-state index in [1.54, 1.807) is 11.8 Å². The highest BCUT2D eigenvalue weighted by atomic mass is 35.5. The molecule has 2 amide bonds. The molecule has 230 valence electrons. The first-order chi connectivity index (χ1) is 20.4. The molecule has 6 rings (SSSR count). The van der Waals surface area contributed by atoms with Gasteiger partial charge in [-0.1, -0.05) is 31.5 Å². The first-order valence-corrected chi connectivity index (χ1v) is 15.3. The first-order valence-electron chi connectivity index (χ1n) is 14.9. The van der Waals surface area contributed by atoms with E-state index in [1.165, 1.54) is 27.7 Å². The fourth-order valence-electron chi connectivity index (χ4n) is 7.52. The number of hydrogen-bond acceptors (Lipinski definition) is 7. The smallest absolute Gasteiger partial charge is 0.323 e. The number of benzene rings is 1. The Bertz CT molecular complexity index is 1590. The van der Waals surface area contributed by atoms with Crippen molar-refractivity contribution in [1.82, 2.24) is 14.4 Å². The second-order valence-electron chi connectivity index (χ2n) is 12.7. The van der Waals surface area contributed by atoms with Gasteiger partial charge in [0.1, 0.15) is 29.3 Å². The highest BCUT2D eigenvalue weighted by Gasteiger charge is 2.64. The summed E-state index contributed by atoms with van der Waals surface area (Å²) >= 11 is 5.93. The normalized spacial score (nSPS) is 25.5. The number of esters is 1. The molecular weight excluding hydrogens is 579 g/mol. The summed E-state index contributed by atoms with van der Waals surface area (Å²) in [6.45, 7) is 5.69. The van der Waals surface area contributed by atoms with E-state index in [1.807, 2.05) is 13.8 Å². The topological polar surface area (TPSA) is 135 Å². The third kappa shape index (κ3) is 4.46. The van der Waals surface area contributed by atoms with Gasteiger partial charge in [-0.2, -0.15) is 0 Å². The van der Waals surface area contributed by atoms with Gasteiger partial charge in [0, 0.05) is 24.6 Å². The molecule has 2 aliphatic heterocycles. The molecule has 2 saturated carbocycles. The minimum atomic E-state index is -1.01. The fraction of sp³-hybridized carbons (Fsp3) is 0.548. The number of aromatic nitrogens is 1. The molecule has 1 aromatic carbocycles.